The van der Waals surface area contributed by atoms with Crippen molar-refractivity contribution in [2.24, 2.45) is 0 Å². The fourth-order valence-corrected chi connectivity index (χ4v) is 1.60. The highest BCUT2D eigenvalue weighted by Crippen LogP contribution is 2.21. The standard InChI is InChI=1S/C11H12N2O3/c1-2-16-8-12-6-5-9-7-10(13(14)15)3-4-11(9)12/h3-7H,2,8H2,1H3. The summed E-state index contributed by atoms with van der Waals surface area (Å²) < 4.78 is 7.21. The second-order valence-electron chi connectivity index (χ2n) is 3.41. The van der Waals surface area contributed by atoms with Gasteiger partial charge in [0.2, 0.25) is 0 Å². The Bertz CT molecular complexity index is 519. The van der Waals surface area contributed by atoms with Gasteiger partial charge in [-0.15, -0.1) is 0 Å². The van der Waals surface area contributed by atoms with Crippen LogP contribution in [-0.2, 0) is 11.5 Å². The van der Waals surface area contributed by atoms with E-state index in [4.69, 9.17) is 4.74 Å². The average Bonchev–Trinajstić information content (AvgIpc) is 2.68. The molecule has 5 nitrogen and oxygen atoms in total. The molecule has 0 N–H and O–H groups in total. The normalized spacial score (nSPS) is 10.8. The first-order valence-electron chi connectivity index (χ1n) is 5.03. The number of rotatable bonds is 4. The molecule has 84 valence electrons. The maximum absolute atomic E-state index is 10.6. The van der Waals surface area contributed by atoms with Crippen LogP contribution >= 0.6 is 0 Å². The lowest BCUT2D eigenvalue weighted by Crippen LogP contribution is -2.00. The van der Waals surface area contributed by atoms with E-state index in [0.29, 0.717) is 13.3 Å². The summed E-state index contributed by atoms with van der Waals surface area (Å²) in [6.07, 6.45) is 1.87. The summed E-state index contributed by atoms with van der Waals surface area (Å²) in [5.74, 6) is 0. The summed E-state index contributed by atoms with van der Waals surface area (Å²) >= 11 is 0. The number of nitrogens with zero attached hydrogens (tertiary/aromatic N) is 2. The Balaban J connectivity index is 2.38. The van der Waals surface area contributed by atoms with E-state index in [0.717, 1.165) is 10.9 Å². The van der Waals surface area contributed by atoms with Crippen LogP contribution in [0.2, 0.25) is 0 Å². The number of ether oxygens (including phenoxy) is 1. The zero-order valence-corrected chi connectivity index (χ0v) is 8.92. The smallest absolute Gasteiger partial charge is 0.270 e. The molecule has 0 amide bonds. The first-order valence-corrected chi connectivity index (χ1v) is 5.03. The number of benzene rings is 1. The molecule has 0 unspecified atom stereocenters. The van der Waals surface area contributed by atoms with Crippen LogP contribution in [0.4, 0.5) is 5.69 Å². The maximum atomic E-state index is 10.6. The Kier molecular flexibility index (Phi) is 2.87. The predicted octanol–water partition coefficient (Wildman–Crippen LogP) is 2.54. The quantitative estimate of drug-likeness (QED) is 0.587. The monoisotopic (exact) mass is 220 g/mol. The predicted molar refractivity (Wildman–Crippen MR) is 60.2 cm³/mol. The van der Waals surface area contributed by atoms with Gasteiger partial charge in [0.1, 0.15) is 6.73 Å². The summed E-state index contributed by atoms with van der Waals surface area (Å²) in [6, 6.07) is 6.66. The fourth-order valence-electron chi connectivity index (χ4n) is 1.60. The van der Waals surface area contributed by atoms with Gasteiger partial charge in [-0.1, -0.05) is 0 Å². The first kappa shape index (κ1) is 10.6. The van der Waals surface area contributed by atoms with Crippen molar-refractivity contribution in [2.45, 2.75) is 13.7 Å². The van der Waals surface area contributed by atoms with Gasteiger partial charge in [0, 0.05) is 30.3 Å². The van der Waals surface area contributed by atoms with Gasteiger partial charge in [-0.3, -0.25) is 10.1 Å². The van der Waals surface area contributed by atoms with Crippen LogP contribution in [0.15, 0.2) is 30.5 Å². The molecule has 1 aromatic heterocycles. The molecule has 0 fully saturated rings. The molecule has 0 bridgehead atoms. The molecule has 0 saturated heterocycles. The topological polar surface area (TPSA) is 57.3 Å². The van der Waals surface area contributed by atoms with Gasteiger partial charge in [0.25, 0.3) is 5.69 Å². The fraction of sp³-hybridized carbons (Fsp3) is 0.273. The number of nitro benzene ring substituents is 1. The number of aromatic nitrogens is 1. The Morgan fingerprint density at radius 2 is 2.25 bits per heavy atom. The summed E-state index contributed by atoms with van der Waals surface area (Å²) in [5.41, 5.74) is 1.06. The van der Waals surface area contributed by atoms with Crippen molar-refractivity contribution in [3.8, 4) is 0 Å². The minimum Gasteiger partial charge on any atom is -0.361 e. The SMILES string of the molecule is CCOCn1ccc2cc([N+](=O)[O-])ccc21. The van der Waals surface area contributed by atoms with E-state index < -0.39 is 0 Å². The average molecular weight is 220 g/mol. The van der Waals surface area contributed by atoms with Crippen molar-refractivity contribution in [1.29, 1.82) is 0 Å². The summed E-state index contributed by atoms with van der Waals surface area (Å²) in [7, 11) is 0. The molecule has 0 spiro atoms. The lowest BCUT2D eigenvalue weighted by Gasteiger charge is -2.04. The summed E-state index contributed by atoms with van der Waals surface area (Å²) in [4.78, 5) is 10.2. The third-order valence-corrected chi connectivity index (χ3v) is 2.40. The minimum absolute atomic E-state index is 0.113. The lowest BCUT2D eigenvalue weighted by atomic mass is 10.2. The van der Waals surface area contributed by atoms with Crippen molar-refractivity contribution >= 4 is 16.6 Å². The zero-order valence-electron chi connectivity index (χ0n) is 8.92. The van der Waals surface area contributed by atoms with Crippen molar-refractivity contribution in [3.05, 3.63) is 40.6 Å². The van der Waals surface area contributed by atoms with Crippen molar-refractivity contribution in [1.82, 2.24) is 4.57 Å². The summed E-state index contributed by atoms with van der Waals surface area (Å²) in [5, 5.41) is 11.5. The van der Waals surface area contributed by atoms with Crippen molar-refractivity contribution in [3.63, 3.8) is 0 Å². The maximum Gasteiger partial charge on any atom is 0.270 e. The van der Waals surface area contributed by atoms with Crippen LogP contribution in [0, 0.1) is 10.1 Å². The molecule has 2 aromatic rings. The first-order chi connectivity index (χ1) is 7.72. The number of non-ortho nitro benzene ring substituents is 1. The molecule has 1 heterocycles. The van der Waals surface area contributed by atoms with Gasteiger partial charge in [0.05, 0.1) is 10.4 Å². The molecule has 0 saturated carbocycles. The molecule has 0 aliphatic heterocycles. The summed E-state index contributed by atoms with van der Waals surface area (Å²) in [6.45, 7) is 3.04. The third kappa shape index (κ3) is 1.90. The minimum atomic E-state index is -0.390. The van der Waals surface area contributed by atoms with E-state index >= 15 is 0 Å². The Morgan fingerprint density at radius 3 is 2.94 bits per heavy atom. The number of hydrogen-bond acceptors (Lipinski definition) is 3. The van der Waals surface area contributed by atoms with E-state index in [1.807, 2.05) is 23.8 Å². The second kappa shape index (κ2) is 4.32. The van der Waals surface area contributed by atoms with Crippen LogP contribution < -0.4 is 0 Å². The van der Waals surface area contributed by atoms with Gasteiger partial charge in [-0.2, -0.15) is 0 Å². The molecule has 2 rings (SSSR count). The van der Waals surface area contributed by atoms with Gasteiger partial charge >= 0.3 is 0 Å². The zero-order chi connectivity index (χ0) is 11.5. The van der Waals surface area contributed by atoms with E-state index in [-0.39, 0.29) is 10.6 Å². The molecule has 0 aliphatic carbocycles. The highest BCUT2D eigenvalue weighted by Gasteiger charge is 2.08. The Labute approximate surface area is 92.4 Å². The molecule has 0 atom stereocenters. The molecule has 0 aliphatic rings. The van der Waals surface area contributed by atoms with Gasteiger partial charge in [0.15, 0.2) is 0 Å². The van der Waals surface area contributed by atoms with Crippen molar-refractivity contribution < 1.29 is 9.66 Å². The Hall–Kier alpha value is -1.88. The van der Waals surface area contributed by atoms with Gasteiger partial charge in [-0.05, 0) is 19.1 Å². The van der Waals surface area contributed by atoms with Crippen LogP contribution in [0.5, 0.6) is 0 Å². The molecule has 0 radical (unpaired) electrons. The van der Waals surface area contributed by atoms with Crippen molar-refractivity contribution in [2.75, 3.05) is 6.61 Å². The van der Waals surface area contributed by atoms with E-state index in [9.17, 15) is 10.1 Å². The highest BCUT2D eigenvalue weighted by atomic mass is 16.6. The van der Waals surface area contributed by atoms with E-state index in [1.54, 1.807) is 12.1 Å². The van der Waals surface area contributed by atoms with Gasteiger partial charge < -0.3 is 9.30 Å². The lowest BCUT2D eigenvalue weighted by molar-refractivity contribution is -0.384. The highest BCUT2D eigenvalue weighted by molar-refractivity contribution is 5.82. The largest absolute Gasteiger partial charge is 0.361 e. The third-order valence-electron chi connectivity index (χ3n) is 2.40. The molecular weight excluding hydrogens is 208 g/mol. The molecule has 5 heteroatoms. The van der Waals surface area contributed by atoms with E-state index in [1.165, 1.54) is 6.07 Å². The number of nitro groups is 1. The van der Waals surface area contributed by atoms with Gasteiger partial charge in [-0.25, -0.2) is 0 Å². The van der Waals surface area contributed by atoms with Crippen LogP contribution in [0.3, 0.4) is 0 Å². The van der Waals surface area contributed by atoms with Crippen LogP contribution in [0.25, 0.3) is 10.9 Å². The van der Waals surface area contributed by atoms with Crippen LogP contribution in [0.1, 0.15) is 6.92 Å². The number of hydrogen-bond donors (Lipinski definition) is 0. The molecule has 1 aromatic carbocycles. The molecular formula is C11H12N2O3. The Morgan fingerprint density at radius 1 is 1.44 bits per heavy atom. The molecule has 16 heavy (non-hydrogen) atoms. The number of fused-ring (bicyclic) bond motifs is 1. The second-order valence-corrected chi connectivity index (χ2v) is 3.41. The van der Waals surface area contributed by atoms with Crippen LogP contribution in [-0.4, -0.2) is 16.1 Å². The van der Waals surface area contributed by atoms with E-state index in [2.05, 4.69) is 0 Å².